The second-order valence-electron chi connectivity index (χ2n) is 7.44. The summed E-state index contributed by atoms with van der Waals surface area (Å²) in [5, 5.41) is 20.7. The quantitative estimate of drug-likeness (QED) is 0.329. The topological polar surface area (TPSA) is 115 Å². The van der Waals surface area contributed by atoms with Gasteiger partial charge in [-0.05, 0) is 68.5 Å². The lowest BCUT2D eigenvalue weighted by atomic mass is 10.1. The molecule has 1 fully saturated rings. The number of hydrogen-bond acceptors (Lipinski definition) is 6. The number of rotatable bonds is 5. The van der Waals surface area contributed by atoms with E-state index in [4.69, 9.17) is 5.21 Å². The minimum Gasteiger partial charge on any atom is -0.391 e. The van der Waals surface area contributed by atoms with Crippen molar-refractivity contribution in [2.45, 2.75) is 38.3 Å². The van der Waals surface area contributed by atoms with Gasteiger partial charge in [-0.3, -0.25) is 14.8 Å². The van der Waals surface area contributed by atoms with Gasteiger partial charge in [0.25, 0.3) is 11.8 Å². The van der Waals surface area contributed by atoms with Gasteiger partial charge in [-0.25, -0.2) is 10.5 Å². The number of piperidine rings is 1. The maximum atomic E-state index is 12.3. The Kier molecular flexibility index (Phi) is 7.60. The molecule has 2 heterocycles. The molecule has 4 N–H and O–H groups in total. The first kappa shape index (κ1) is 22.3. The Balaban J connectivity index is 1.62. The van der Waals surface area contributed by atoms with Crippen LogP contribution in [-0.2, 0) is 4.79 Å². The molecule has 1 saturated heterocycles. The fraction of sp³-hybridized carbons (Fsp3) is 0.348. The van der Waals surface area contributed by atoms with E-state index in [9.17, 15) is 14.7 Å². The maximum absolute atomic E-state index is 12.3. The predicted octanol–water partition coefficient (Wildman–Crippen LogP) is 1.46. The number of nitrogens with one attached hydrogen (secondary N) is 2. The largest absolute Gasteiger partial charge is 0.391 e. The molecule has 2 amide bonds. The first-order valence-corrected chi connectivity index (χ1v) is 10.2. The molecule has 0 radical (unpaired) electrons. The summed E-state index contributed by atoms with van der Waals surface area (Å²) in [6.45, 7) is 3.47. The Labute approximate surface area is 181 Å². The van der Waals surface area contributed by atoms with E-state index in [2.05, 4.69) is 27.0 Å². The molecule has 162 valence electrons. The normalized spacial score (nSPS) is 15.3. The second kappa shape index (κ2) is 10.6. The minimum absolute atomic E-state index is 0.297. The van der Waals surface area contributed by atoms with Crippen LogP contribution in [0.25, 0.3) is 0 Å². The molecule has 2 aromatic rings. The van der Waals surface area contributed by atoms with Gasteiger partial charge in [-0.2, -0.15) is 0 Å². The van der Waals surface area contributed by atoms with Crippen molar-refractivity contribution in [3.05, 3.63) is 59.4 Å². The lowest BCUT2D eigenvalue weighted by Gasteiger charge is -2.28. The van der Waals surface area contributed by atoms with Crippen molar-refractivity contribution in [2.24, 2.45) is 0 Å². The fourth-order valence-corrected chi connectivity index (χ4v) is 3.34. The van der Waals surface area contributed by atoms with Crippen LogP contribution in [0, 0.1) is 11.8 Å². The molecule has 1 aliphatic rings. The van der Waals surface area contributed by atoms with E-state index in [0.29, 0.717) is 16.8 Å². The van der Waals surface area contributed by atoms with E-state index in [0.717, 1.165) is 18.8 Å². The van der Waals surface area contributed by atoms with Crippen LogP contribution in [0.2, 0.25) is 0 Å². The molecule has 2 atom stereocenters. The van der Waals surface area contributed by atoms with Gasteiger partial charge in [0.15, 0.2) is 0 Å². The molecule has 0 saturated carbocycles. The molecule has 8 nitrogen and oxygen atoms in total. The number of amides is 2. The van der Waals surface area contributed by atoms with E-state index in [1.165, 1.54) is 31.7 Å². The Bertz CT molecular complexity index is 956. The van der Waals surface area contributed by atoms with Gasteiger partial charge < -0.3 is 15.3 Å². The van der Waals surface area contributed by atoms with Crippen LogP contribution >= 0.6 is 0 Å². The van der Waals surface area contributed by atoms with Crippen molar-refractivity contribution in [1.82, 2.24) is 15.8 Å². The molecule has 1 aromatic heterocycles. The highest BCUT2D eigenvalue weighted by molar-refractivity contribution is 5.97. The van der Waals surface area contributed by atoms with Crippen molar-refractivity contribution in [3.8, 4) is 11.8 Å². The number of hydrogen-bond donors (Lipinski definition) is 4. The molecule has 1 aliphatic heterocycles. The minimum atomic E-state index is -1.27. The van der Waals surface area contributed by atoms with E-state index in [1.807, 2.05) is 18.3 Å². The van der Waals surface area contributed by atoms with Gasteiger partial charge >= 0.3 is 0 Å². The molecule has 0 spiro atoms. The average Bonchev–Trinajstić information content (AvgIpc) is 2.81. The van der Waals surface area contributed by atoms with Crippen LogP contribution < -0.4 is 15.7 Å². The van der Waals surface area contributed by atoms with Crippen LogP contribution in [0.15, 0.2) is 42.6 Å². The maximum Gasteiger partial charge on any atom is 0.268 e. The van der Waals surface area contributed by atoms with Crippen LogP contribution in [0.5, 0.6) is 0 Å². The molecule has 0 unspecified atom stereocenters. The van der Waals surface area contributed by atoms with Gasteiger partial charge in [0, 0.05) is 24.2 Å². The van der Waals surface area contributed by atoms with Crippen molar-refractivity contribution in [1.29, 1.82) is 0 Å². The monoisotopic (exact) mass is 422 g/mol. The van der Waals surface area contributed by atoms with Gasteiger partial charge in [-0.1, -0.05) is 5.92 Å². The number of benzene rings is 1. The first-order valence-electron chi connectivity index (χ1n) is 10.2. The van der Waals surface area contributed by atoms with Crippen molar-refractivity contribution < 1.29 is 19.9 Å². The van der Waals surface area contributed by atoms with Gasteiger partial charge in [0.2, 0.25) is 0 Å². The van der Waals surface area contributed by atoms with Gasteiger partial charge in [0.05, 0.1) is 18.0 Å². The van der Waals surface area contributed by atoms with E-state index in [1.54, 1.807) is 24.3 Å². The SMILES string of the molecule is C[C@@H](O)[C@H](NC(=O)c1ccc(C#Cc2ccc(N3CCCCC3)cn2)cc1)C(=O)NO. The Morgan fingerprint density at radius 1 is 1.06 bits per heavy atom. The van der Waals surface area contributed by atoms with E-state index in [-0.39, 0.29) is 0 Å². The summed E-state index contributed by atoms with van der Waals surface area (Å²) < 4.78 is 0. The Hall–Kier alpha value is -3.41. The number of carbonyl (C=O) groups is 2. The smallest absolute Gasteiger partial charge is 0.268 e. The molecule has 8 heteroatoms. The Morgan fingerprint density at radius 2 is 1.77 bits per heavy atom. The highest BCUT2D eigenvalue weighted by atomic mass is 16.5. The second-order valence-corrected chi connectivity index (χ2v) is 7.44. The molecule has 0 aliphatic carbocycles. The van der Waals surface area contributed by atoms with Crippen LogP contribution in [0.4, 0.5) is 5.69 Å². The van der Waals surface area contributed by atoms with E-state index >= 15 is 0 Å². The predicted molar refractivity (Wildman–Crippen MR) is 116 cm³/mol. The van der Waals surface area contributed by atoms with Gasteiger partial charge in [-0.15, -0.1) is 0 Å². The third-order valence-corrected chi connectivity index (χ3v) is 5.11. The van der Waals surface area contributed by atoms with Crippen LogP contribution in [-0.4, -0.2) is 52.3 Å². The first-order chi connectivity index (χ1) is 15.0. The third kappa shape index (κ3) is 6.04. The number of aliphatic hydroxyl groups is 1. The van der Waals surface area contributed by atoms with Crippen LogP contribution in [0.3, 0.4) is 0 Å². The van der Waals surface area contributed by atoms with Crippen molar-refractivity contribution in [3.63, 3.8) is 0 Å². The van der Waals surface area contributed by atoms with Crippen molar-refractivity contribution >= 4 is 17.5 Å². The zero-order valence-electron chi connectivity index (χ0n) is 17.3. The summed E-state index contributed by atoms with van der Waals surface area (Å²) in [6, 6.07) is 9.19. The highest BCUT2D eigenvalue weighted by Gasteiger charge is 2.25. The van der Waals surface area contributed by atoms with Gasteiger partial charge in [0.1, 0.15) is 11.7 Å². The molecule has 3 rings (SSSR count). The van der Waals surface area contributed by atoms with Crippen LogP contribution in [0.1, 0.15) is 47.8 Å². The fourth-order valence-electron chi connectivity index (χ4n) is 3.34. The number of aromatic nitrogens is 1. The summed E-state index contributed by atoms with van der Waals surface area (Å²) in [5.74, 6) is 4.58. The zero-order valence-corrected chi connectivity index (χ0v) is 17.3. The summed E-state index contributed by atoms with van der Waals surface area (Å²) in [7, 11) is 0. The standard InChI is InChI=1S/C23H26N4O4/c1-16(28)21(23(30)26-31)25-22(29)18-8-5-17(6-9-18)7-10-19-11-12-20(15-24-19)27-13-3-2-4-14-27/h5-6,8-9,11-12,15-16,21,28,31H,2-4,13-14H2,1H3,(H,25,29)(H,26,30)/t16-,21+/m1/s1. The molecular weight excluding hydrogens is 396 g/mol. The molecule has 1 aromatic carbocycles. The third-order valence-electron chi connectivity index (χ3n) is 5.11. The number of anilines is 1. The zero-order chi connectivity index (χ0) is 22.2. The molecule has 0 bridgehead atoms. The summed E-state index contributed by atoms with van der Waals surface area (Å²) >= 11 is 0. The number of pyridine rings is 1. The Morgan fingerprint density at radius 3 is 2.35 bits per heavy atom. The number of aliphatic hydroxyl groups excluding tert-OH is 1. The average molecular weight is 422 g/mol. The summed E-state index contributed by atoms with van der Waals surface area (Å²) in [6.07, 6.45) is 4.39. The summed E-state index contributed by atoms with van der Waals surface area (Å²) in [5.41, 5.74) is 4.21. The number of nitrogens with zero attached hydrogens (tertiary/aromatic N) is 2. The van der Waals surface area contributed by atoms with E-state index < -0.39 is 24.0 Å². The number of carbonyl (C=O) groups excluding carboxylic acids is 2. The lowest BCUT2D eigenvalue weighted by Crippen LogP contribution is -2.51. The molecular formula is C23H26N4O4. The van der Waals surface area contributed by atoms with Crippen molar-refractivity contribution in [2.75, 3.05) is 18.0 Å². The lowest BCUT2D eigenvalue weighted by molar-refractivity contribution is -0.133. The number of hydroxylamine groups is 1. The molecule has 31 heavy (non-hydrogen) atoms. The highest BCUT2D eigenvalue weighted by Crippen LogP contribution is 2.18. The summed E-state index contributed by atoms with van der Waals surface area (Å²) in [4.78, 5) is 30.6.